The molecule has 0 radical (unpaired) electrons. The summed E-state index contributed by atoms with van der Waals surface area (Å²) in [7, 11) is 1.60. The van der Waals surface area contributed by atoms with Gasteiger partial charge in [0, 0.05) is 13.0 Å². The summed E-state index contributed by atoms with van der Waals surface area (Å²) in [5.41, 5.74) is 1.40. The number of rotatable bonds is 2. The fourth-order valence-corrected chi connectivity index (χ4v) is 2.13. The van der Waals surface area contributed by atoms with Crippen molar-refractivity contribution in [3.05, 3.63) is 16.8 Å². The second kappa shape index (κ2) is 3.58. The standard InChI is InChI=1S/C10H10N2O2S/c1-5-7(14-3)4-8-9(11-5)12-10(15-8)6(2)13/h4H,1-3H3. The molecule has 0 atom stereocenters. The molecule has 0 spiro atoms. The minimum absolute atomic E-state index is 0.0328. The summed E-state index contributed by atoms with van der Waals surface area (Å²) in [6.45, 7) is 3.35. The molecule has 78 valence electrons. The minimum Gasteiger partial charge on any atom is -0.495 e. The van der Waals surface area contributed by atoms with Crippen molar-refractivity contribution in [3.63, 3.8) is 0 Å². The number of Topliss-reactive ketones (excluding diaryl/α,β-unsaturated/α-hetero) is 1. The Bertz CT molecular complexity index is 533. The maximum absolute atomic E-state index is 11.1. The normalized spacial score (nSPS) is 10.6. The van der Waals surface area contributed by atoms with Gasteiger partial charge in [0.05, 0.1) is 17.5 Å². The van der Waals surface area contributed by atoms with Crippen LogP contribution in [0.15, 0.2) is 6.07 Å². The van der Waals surface area contributed by atoms with E-state index in [-0.39, 0.29) is 5.78 Å². The van der Waals surface area contributed by atoms with Crippen LogP contribution < -0.4 is 4.74 Å². The van der Waals surface area contributed by atoms with E-state index in [2.05, 4.69) is 9.97 Å². The van der Waals surface area contributed by atoms with Crippen molar-refractivity contribution in [2.24, 2.45) is 0 Å². The van der Waals surface area contributed by atoms with Gasteiger partial charge in [0.25, 0.3) is 0 Å². The first-order valence-corrected chi connectivity index (χ1v) is 5.26. The van der Waals surface area contributed by atoms with E-state index in [4.69, 9.17) is 4.74 Å². The summed E-state index contributed by atoms with van der Waals surface area (Å²) in [6.07, 6.45) is 0. The predicted octanol–water partition coefficient (Wildman–Crippen LogP) is 2.21. The van der Waals surface area contributed by atoms with Crippen molar-refractivity contribution in [1.82, 2.24) is 9.97 Å². The third kappa shape index (κ3) is 1.70. The van der Waals surface area contributed by atoms with Gasteiger partial charge in [0.15, 0.2) is 16.4 Å². The largest absolute Gasteiger partial charge is 0.495 e. The molecule has 0 amide bonds. The van der Waals surface area contributed by atoms with Gasteiger partial charge in [-0.2, -0.15) is 0 Å². The number of nitrogens with zero attached hydrogens (tertiary/aromatic N) is 2. The number of ether oxygens (including phenoxy) is 1. The van der Waals surface area contributed by atoms with Gasteiger partial charge in [-0.3, -0.25) is 4.79 Å². The molecule has 2 rings (SSSR count). The minimum atomic E-state index is -0.0328. The third-order valence-corrected chi connectivity index (χ3v) is 3.14. The van der Waals surface area contributed by atoms with Gasteiger partial charge in [0.1, 0.15) is 5.75 Å². The SMILES string of the molecule is COc1cc2sc(C(C)=O)nc2nc1C. The summed E-state index contributed by atoms with van der Waals surface area (Å²) in [4.78, 5) is 19.6. The molecule has 0 aromatic carbocycles. The molecule has 2 aromatic rings. The van der Waals surface area contributed by atoms with E-state index in [1.807, 2.05) is 13.0 Å². The van der Waals surface area contributed by atoms with E-state index in [9.17, 15) is 4.79 Å². The van der Waals surface area contributed by atoms with Crippen LogP contribution >= 0.6 is 11.3 Å². The molecule has 2 aromatic heterocycles. The highest BCUT2D eigenvalue weighted by molar-refractivity contribution is 7.20. The van der Waals surface area contributed by atoms with Crippen LogP contribution in [0.4, 0.5) is 0 Å². The molecule has 0 saturated carbocycles. The first kappa shape index (κ1) is 10.0. The maximum atomic E-state index is 11.1. The fourth-order valence-electron chi connectivity index (χ4n) is 1.29. The summed E-state index contributed by atoms with van der Waals surface area (Å²) in [5, 5.41) is 0.491. The molecule has 2 heterocycles. The molecular formula is C10H10N2O2S. The third-order valence-electron chi connectivity index (χ3n) is 2.05. The molecular weight excluding hydrogens is 212 g/mol. The van der Waals surface area contributed by atoms with Crippen LogP contribution in [-0.4, -0.2) is 22.9 Å². The molecule has 5 heteroatoms. The Morgan fingerprint density at radius 1 is 1.47 bits per heavy atom. The van der Waals surface area contributed by atoms with Gasteiger partial charge in [-0.1, -0.05) is 0 Å². The summed E-state index contributed by atoms with van der Waals surface area (Å²) in [5.74, 6) is 0.691. The zero-order valence-corrected chi connectivity index (χ0v) is 9.51. The van der Waals surface area contributed by atoms with Crippen LogP contribution in [0.2, 0.25) is 0 Å². The highest BCUT2D eigenvalue weighted by atomic mass is 32.1. The van der Waals surface area contributed by atoms with Crippen molar-refractivity contribution < 1.29 is 9.53 Å². The number of thiazole rings is 1. The molecule has 0 saturated heterocycles. The molecule has 15 heavy (non-hydrogen) atoms. The number of carbonyl (C=O) groups excluding carboxylic acids is 1. The average Bonchev–Trinajstić information content (AvgIpc) is 2.59. The number of fused-ring (bicyclic) bond motifs is 1. The lowest BCUT2D eigenvalue weighted by molar-refractivity contribution is 0.101. The fraction of sp³-hybridized carbons (Fsp3) is 0.300. The van der Waals surface area contributed by atoms with E-state index >= 15 is 0 Å². The van der Waals surface area contributed by atoms with E-state index < -0.39 is 0 Å². The lowest BCUT2D eigenvalue weighted by Gasteiger charge is -2.01. The topological polar surface area (TPSA) is 52.1 Å². The Balaban J connectivity index is 2.66. The quantitative estimate of drug-likeness (QED) is 0.731. The van der Waals surface area contributed by atoms with Crippen LogP contribution in [0, 0.1) is 6.92 Å². The average molecular weight is 222 g/mol. The first-order valence-electron chi connectivity index (χ1n) is 4.45. The van der Waals surface area contributed by atoms with Crippen LogP contribution in [-0.2, 0) is 0 Å². The highest BCUT2D eigenvalue weighted by Crippen LogP contribution is 2.26. The summed E-state index contributed by atoms with van der Waals surface area (Å²) < 4.78 is 6.03. The van der Waals surface area contributed by atoms with E-state index in [0.717, 1.165) is 16.1 Å². The lowest BCUT2D eigenvalue weighted by atomic mass is 10.3. The van der Waals surface area contributed by atoms with Crippen molar-refractivity contribution in [2.45, 2.75) is 13.8 Å². The second-order valence-electron chi connectivity index (χ2n) is 3.17. The predicted molar refractivity (Wildman–Crippen MR) is 58.7 cm³/mol. The van der Waals surface area contributed by atoms with E-state index in [0.29, 0.717) is 10.7 Å². The highest BCUT2D eigenvalue weighted by Gasteiger charge is 2.11. The second-order valence-corrected chi connectivity index (χ2v) is 4.20. The van der Waals surface area contributed by atoms with Gasteiger partial charge in [-0.25, -0.2) is 9.97 Å². The van der Waals surface area contributed by atoms with Gasteiger partial charge in [0.2, 0.25) is 0 Å². The van der Waals surface area contributed by atoms with Crippen LogP contribution in [0.5, 0.6) is 5.75 Å². The van der Waals surface area contributed by atoms with Crippen molar-refractivity contribution in [3.8, 4) is 5.75 Å². The molecule has 0 aliphatic carbocycles. The van der Waals surface area contributed by atoms with Gasteiger partial charge in [-0.15, -0.1) is 11.3 Å². The van der Waals surface area contributed by atoms with Crippen molar-refractivity contribution in [1.29, 1.82) is 0 Å². The Hall–Kier alpha value is -1.49. The van der Waals surface area contributed by atoms with Crippen LogP contribution in [0.25, 0.3) is 10.3 Å². The molecule has 0 aliphatic rings. The molecule has 0 unspecified atom stereocenters. The number of methoxy groups -OCH3 is 1. The molecule has 0 bridgehead atoms. The zero-order valence-electron chi connectivity index (χ0n) is 8.70. The van der Waals surface area contributed by atoms with Crippen molar-refractivity contribution in [2.75, 3.05) is 7.11 Å². The number of hydrogen-bond donors (Lipinski definition) is 0. The maximum Gasteiger partial charge on any atom is 0.188 e. The van der Waals surface area contributed by atoms with Gasteiger partial charge >= 0.3 is 0 Å². The number of pyridine rings is 1. The van der Waals surface area contributed by atoms with Crippen LogP contribution in [0.1, 0.15) is 22.4 Å². The molecule has 4 nitrogen and oxygen atoms in total. The summed E-state index contributed by atoms with van der Waals surface area (Å²) >= 11 is 1.34. The number of aromatic nitrogens is 2. The number of hydrogen-bond acceptors (Lipinski definition) is 5. The number of ketones is 1. The Morgan fingerprint density at radius 2 is 2.20 bits per heavy atom. The van der Waals surface area contributed by atoms with Crippen molar-refractivity contribution >= 4 is 27.5 Å². The smallest absolute Gasteiger partial charge is 0.188 e. The molecule has 0 aliphatic heterocycles. The number of carbonyl (C=O) groups is 1. The van der Waals surface area contributed by atoms with E-state index in [1.165, 1.54) is 18.3 Å². The summed E-state index contributed by atoms with van der Waals surface area (Å²) in [6, 6.07) is 1.86. The van der Waals surface area contributed by atoms with Gasteiger partial charge < -0.3 is 4.74 Å². The monoisotopic (exact) mass is 222 g/mol. The Kier molecular flexibility index (Phi) is 2.40. The van der Waals surface area contributed by atoms with Crippen LogP contribution in [0.3, 0.4) is 0 Å². The Labute approximate surface area is 90.9 Å². The lowest BCUT2D eigenvalue weighted by Crippen LogP contribution is -1.91. The Morgan fingerprint density at radius 3 is 2.80 bits per heavy atom. The molecule has 0 N–H and O–H groups in total. The zero-order chi connectivity index (χ0) is 11.0. The number of aryl methyl sites for hydroxylation is 1. The van der Waals surface area contributed by atoms with Gasteiger partial charge in [-0.05, 0) is 6.92 Å². The molecule has 0 fully saturated rings. The van der Waals surface area contributed by atoms with E-state index in [1.54, 1.807) is 7.11 Å². The first-order chi connectivity index (χ1) is 7.11.